The maximum Gasteiger partial charge on any atom is 0.435 e. The van der Waals surface area contributed by atoms with E-state index < -0.39 is 18.5 Å². The Kier molecular flexibility index (Phi) is 6.50. The third-order valence-electron chi connectivity index (χ3n) is 5.30. The number of aromatic hydroxyl groups is 1. The molecule has 0 unspecified atom stereocenters. The van der Waals surface area contributed by atoms with E-state index in [2.05, 4.69) is 15.0 Å². The van der Waals surface area contributed by atoms with Crippen molar-refractivity contribution >= 4 is 5.91 Å². The van der Waals surface area contributed by atoms with Crippen LogP contribution in [0.1, 0.15) is 11.3 Å². The van der Waals surface area contributed by atoms with E-state index in [9.17, 15) is 23.1 Å². The number of phenols is 1. The first-order valence-electron chi connectivity index (χ1n) is 10.3. The number of alkyl halides is 3. The molecular weight excluding hydrogens is 439 g/mol. The molecule has 1 aliphatic heterocycles. The Morgan fingerprint density at radius 3 is 2.42 bits per heavy atom. The fourth-order valence-electron chi connectivity index (χ4n) is 3.55. The van der Waals surface area contributed by atoms with Crippen LogP contribution in [0.2, 0.25) is 0 Å². The molecule has 2 aromatic heterocycles. The summed E-state index contributed by atoms with van der Waals surface area (Å²) >= 11 is 0. The molecule has 174 valence electrons. The Morgan fingerprint density at radius 2 is 1.76 bits per heavy atom. The SMILES string of the molecule is O=C(COc1cc(C(F)(F)F)nn1-c1ccccc1O)N1CCN(Cc2ccncc2)CC1. The van der Waals surface area contributed by atoms with Crippen LogP contribution in [-0.4, -0.2) is 68.4 Å². The maximum atomic E-state index is 13.2. The van der Waals surface area contributed by atoms with Crippen molar-refractivity contribution < 1.29 is 27.8 Å². The van der Waals surface area contributed by atoms with Crippen molar-refractivity contribution in [1.29, 1.82) is 0 Å². The number of para-hydroxylation sites is 2. The standard InChI is InChI=1S/C22H22F3N5O3/c23-22(24,25)19-13-21(30(27-19)17-3-1-2-4-18(17)31)33-15-20(32)29-11-9-28(10-12-29)14-16-5-7-26-8-6-16/h1-8,13,31H,9-12,14-15H2. The normalized spacial score (nSPS) is 14.9. The number of pyridine rings is 1. The Labute approximate surface area is 187 Å². The molecule has 0 bridgehead atoms. The van der Waals surface area contributed by atoms with Crippen molar-refractivity contribution in [3.05, 3.63) is 66.1 Å². The molecule has 0 saturated carbocycles. The van der Waals surface area contributed by atoms with E-state index in [4.69, 9.17) is 4.74 Å². The fourth-order valence-corrected chi connectivity index (χ4v) is 3.55. The minimum absolute atomic E-state index is 0.0141. The Morgan fingerprint density at radius 1 is 1.06 bits per heavy atom. The van der Waals surface area contributed by atoms with Gasteiger partial charge in [0.1, 0.15) is 11.4 Å². The molecule has 0 spiro atoms. The van der Waals surface area contributed by atoms with Gasteiger partial charge in [-0.25, -0.2) is 0 Å². The Hall–Kier alpha value is -3.60. The number of carbonyl (C=O) groups is 1. The number of hydrogen-bond donors (Lipinski definition) is 1. The number of piperazine rings is 1. The number of benzene rings is 1. The van der Waals surface area contributed by atoms with Gasteiger partial charge in [-0.2, -0.15) is 23.0 Å². The molecule has 1 aliphatic rings. The number of rotatable bonds is 6. The predicted molar refractivity (Wildman–Crippen MR) is 112 cm³/mol. The van der Waals surface area contributed by atoms with Gasteiger partial charge in [0.25, 0.3) is 5.91 Å². The predicted octanol–water partition coefficient (Wildman–Crippen LogP) is 2.71. The molecule has 3 aromatic rings. The number of aromatic nitrogens is 3. The molecule has 1 fully saturated rings. The summed E-state index contributed by atoms with van der Waals surface area (Å²) in [6.45, 7) is 2.62. The zero-order valence-corrected chi connectivity index (χ0v) is 17.6. The van der Waals surface area contributed by atoms with Crippen LogP contribution in [0.25, 0.3) is 5.69 Å². The van der Waals surface area contributed by atoms with Gasteiger partial charge in [0.15, 0.2) is 12.3 Å². The third kappa shape index (κ3) is 5.43. The third-order valence-corrected chi connectivity index (χ3v) is 5.30. The zero-order chi connectivity index (χ0) is 23.4. The summed E-state index contributed by atoms with van der Waals surface area (Å²) in [6, 6.07) is 10.4. The molecule has 8 nitrogen and oxygen atoms in total. The minimum Gasteiger partial charge on any atom is -0.506 e. The summed E-state index contributed by atoms with van der Waals surface area (Å²) in [6.07, 6.45) is -1.24. The van der Waals surface area contributed by atoms with Crippen molar-refractivity contribution in [2.75, 3.05) is 32.8 Å². The van der Waals surface area contributed by atoms with Crippen LogP contribution >= 0.6 is 0 Å². The van der Waals surface area contributed by atoms with Gasteiger partial charge in [-0.3, -0.25) is 14.7 Å². The molecule has 0 aliphatic carbocycles. The van der Waals surface area contributed by atoms with Crippen LogP contribution in [0.15, 0.2) is 54.9 Å². The van der Waals surface area contributed by atoms with Crippen molar-refractivity contribution in [1.82, 2.24) is 24.6 Å². The second kappa shape index (κ2) is 9.49. The second-order valence-corrected chi connectivity index (χ2v) is 7.57. The maximum absolute atomic E-state index is 13.2. The minimum atomic E-state index is -4.71. The summed E-state index contributed by atoms with van der Waals surface area (Å²) < 4.78 is 45.9. The van der Waals surface area contributed by atoms with Crippen LogP contribution in [0, 0.1) is 0 Å². The lowest BCUT2D eigenvalue weighted by molar-refractivity contribution is -0.141. The Balaban J connectivity index is 1.39. The smallest absolute Gasteiger partial charge is 0.435 e. The molecule has 3 heterocycles. The number of phenolic OH excluding ortho intramolecular Hbond substituents is 1. The van der Waals surface area contributed by atoms with Crippen molar-refractivity contribution in [2.45, 2.75) is 12.7 Å². The molecule has 33 heavy (non-hydrogen) atoms. The average Bonchev–Trinajstić information content (AvgIpc) is 3.24. The van der Waals surface area contributed by atoms with E-state index in [-0.39, 0.29) is 23.2 Å². The van der Waals surface area contributed by atoms with Crippen molar-refractivity contribution in [3.63, 3.8) is 0 Å². The summed E-state index contributed by atoms with van der Waals surface area (Å²) in [4.78, 5) is 20.5. The highest BCUT2D eigenvalue weighted by molar-refractivity contribution is 5.77. The van der Waals surface area contributed by atoms with Gasteiger partial charge in [-0.1, -0.05) is 12.1 Å². The van der Waals surface area contributed by atoms with Gasteiger partial charge in [-0.05, 0) is 29.8 Å². The summed E-state index contributed by atoms with van der Waals surface area (Å²) in [5.41, 5.74) is -0.0379. The lowest BCUT2D eigenvalue weighted by Crippen LogP contribution is -2.49. The van der Waals surface area contributed by atoms with E-state index in [1.807, 2.05) is 12.1 Å². The highest BCUT2D eigenvalue weighted by Crippen LogP contribution is 2.33. The Bertz CT molecular complexity index is 1100. The molecule has 1 saturated heterocycles. The number of carbonyl (C=O) groups excluding carboxylic acids is 1. The van der Waals surface area contributed by atoms with Crippen LogP contribution in [0.5, 0.6) is 11.6 Å². The van der Waals surface area contributed by atoms with E-state index >= 15 is 0 Å². The summed E-state index contributed by atoms with van der Waals surface area (Å²) in [5.74, 6) is -0.888. The van der Waals surface area contributed by atoms with Gasteiger partial charge >= 0.3 is 6.18 Å². The molecule has 11 heteroatoms. The van der Waals surface area contributed by atoms with E-state index in [0.717, 1.165) is 16.8 Å². The topological polar surface area (TPSA) is 83.7 Å². The van der Waals surface area contributed by atoms with E-state index in [1.165, 1.54) is 18.2 Å². The zero-order valence-electron chi connectivity index (χ0n) is 17.6. The lowest BCUT2D eigenvalue weighted by atomic mass is 10.2. The molecule has 1 N–H and O–H groups in total. The molecule has 4 rings (SSSR count). The number of nitrogens with zero attached hydrogens (tertiary/aromatic N) is 5. The van der Waals surface area contributed by atoms with Gasteiger partial charge in [0, 0.05) is 51.2 Å². The quantitative estimate of drug-likeness (QED) is 0.608. The van der Waals surface area contributed by atoms with Crippen molar-refractivity contribution in [2.24, 2.45) is 0 Å². The second-order valence-electron chi connectivity index (χ2n) is 7.57. The van der Waals surface area contributed by atoms with Crippen LogP contribution in [0.3, 0.4) is 0 Å². The highest BCUT2D eigenvalue weighted by atomic mass is 19.4. The van der Waals surface area contributed by atoms with E-state index in [1.54, 1.807) is 23.4 Å². The van der Waals surface area contributed by atoms with Crippen LogP contribution < -0.4 is 4.74 Å². The van der Waals surface area contributed by atoms with Crippen LogP contribution in [0.4, 0.5) is 13.2 Å². The molecule has 1 amide bonds. The lowest BCUT2D eigenvalue weighted by Gasteiger charge is -2.34. The number of halogens is 3. The average molecular weight is 461 g/mol. The molecule has 1 aromatic carbocycles. The fraction of sp³-hybridized carbons (Fsp3) is 0.318. The highest BCUT2D eigenvalue weighted by Gasteiger charge is 2.36. The largest absolute Gasteiger partial charge is 0.506 e. The van der Waals surface area contributed by atoms with Gasteiger partial charge in [0.05, 0.1) is 0 Å². The van der Waals surface area contributed by atoms with E-state index in [0.29, 0.717) is 32.2 Å². The number of amides is 1. The number of hydrogen-bond acceptors (Lipinski definition) is 6. The van der Waals surface area contributed by atoms with Gasteiger partial charge in [0.2, 0.25) is 5.88 Å². The molecule has 0 atom stereocenters. The first-order chi connectivity index (χ1) is 15.8. The molecular formula is C22H22F3N5O3. The van der Waals surface area contributed by atoms with Gasteiger partial charge in [-0.15, -0.1) is 0 Å². The summed E-state index contributed by atoms with van der Waals surface area (Å²) in [5, 5.41) is 13.6. The first kappa shape index (κ1) is 22.6. The van der Waals surface area contributed by atoms with Crippen LogP contribution in [-0.2, 0) is 17.5 Å². The van der Waals surface area contributed by atoms with Crippen molar-refractivity contribution in [3.8, 4) is 17.3 Å². The molecule has 0 radical (unpaired) electrons. The van der Waals surface area contributed by atoms with Gasteiger partial charge < -0.3 is 14.7 Å². The summed E-state index contributed by atoms with van der Waals surface area (Å²) in [7, 11) is 0. The monoisotopic (exact) mass is 461 g/mol. The first-order valence-corrected chi connectivity index (χ1v) is 10.3. The number of ether oxygens (including phenoxy) is 1.